The fraction of sp³-hybridized carbons (Fsp3) is 0.846. The summed E-state index contributed by atoms with van der Waals surface area (Å²) < 4.78 is 5.64. The van der Waals surface area contributed by atoms with E-state index in [2.05, 4.69) is 39.6 Å². The van der Waals surface area contributed by atoms with Gasteiger partial charge in [0.1, 0.15) is 0 Å². The van der Waals surface area contributed by atoms with E-state index in [4.69, 9.17) is 4.74 Å². The maximum atomic E-state index is 5.64. The van der Waals surface area contributed by atoms with Gasteiger partial charge in [-0.1, -0.05) is 19.4 Å². The molecule has 2 atom stereocenters. The molecule has 0 aliphatic heterocycles. The van der Waals surface area contributed by atoms with Gasteiger partial charge < -0.3 is 10.1 Å². The Kier molecular flexibility index (Phi) is 6.86. The molecule has 1 N–H and O–H groups in total. The van der Waals surface area contributed by atoms with E-state index < -0.39 is 0 Å². The average Bonchev–Trinajstić information content (AvgIpc) is 2.22. The SMILES string of the molecule is C=C(C)CC(NCCC)C(C)(CC)OC. The molecule has 0 rings (SSSR count). The molecule has 2 heteroatoms. The van der Waals surface area contributed by atoms with E-state index in [9.17, 15) is 0 Å². The van der Waals surface area contributed by atoms with Crippen LogP contribution in [-0.2, 0) is 4.74 Å². The molecule has 0 radical (unpaired) electrons. The molecule has 2 nitrogen and oxygen atoms in total. The summed E-state index contributed by atoms with van der Waals surface area (Å²) in [6.45, 7) is 13.6. The maximum Gasteiger partial charge on any atom is 0.0803 e. The summed E-state index contributed by atoms with van der Waals surface area (Å²) >= 11 is 0. The predicted molar refractivity (Wildman–Crippen MR) is 67.2 cm³/mol. The Morgan fingerprint density at radius 1 is 1.47 bits per heavy atom. The Hall–Kier alpha value is -0.340. The van der Waals surface area contributed by atoms with Gasteiger partial charge >= 0.3 is 0 Å². The van der Waals surface area contributed by atoms with Crippen molar-refractivity contribution in [1.29, 1.82) is 0 Å². The molecule has 0 saturated carbocycles. The highest BCUT2D eigenvalue weighted by molar-refractivity contribution is 5.00. The molecule has 0 amide bonds. The Morgan fingerprint density at radius 3 is 2.40 bits per heavy atom. The third-order valence-electron chi connectivity index (χ3n) is 3.10. The van der Waals surface area contributed by atoms with E-state index in [1.165, 1.54) is 5.57 Å². The van der Waals surface area contributed by atoms with Gasteiger partial charge in [0.2, 0.25) is 0 Å². The van der Waals surface area contributed by atoms with Crippen LogP contribution in [0.2, 0.25) is 0 Å². The molecule has 0 heterocycles. The van der Waals surface area contributed by atoms with Crippen LogP contribution in [0.5, 0.6) is 0 Å². The third-order valence-corrected chi connectivity index (χ3v) is 3.10. The van der Waals surface area contributed by atoms with Crippen LogP contribution in [0.4, 0.5) is 0 Å². The summed E-state index contributed by atoms with van der Waals surface area (Å²) in [7, 11) is 1.79. The van der Waals surface area contributed by atoms with Crippen molar-refractivity contribution in [2.75, 3.05) is 13.7 Å². The lowest BCUT2D eigenvalue weighted by Gasteiger charge is -2.36. The Bertz CT molecular complexity index is 185. The Morgan fingerprint density at radius 2 is 2.07 bits per heavy atom. The van der Waals surface area contributed by atoms with Crippen LogP contribution >= 0.6 is 0 Å². The zero-order valence-electron chi connectivity index (χ0n) is 11.0. The molecule has 0 aromatic rings. The van der Waals surface area contributed by atoms with Gasteiger partial charge in [0, 0.05) is 13.2 Å². The summed E-state index contributed by atoms with van der Waals surface area (Å²) in [4.78, 5) is 0. The highest BCUT2D eigenvalue weighted by Crippen LogP contribution is 2.23. The standard InChI is InChI=1S/C13H27NO/c1-7-9-14-12(10-11(3)4)13(5,8-2)15-6/h12,14H,3,7-10H2,1-2,4-6H3. The smallest absolute Gasteiger partial charge is 0.0803 e. The molecule has 0 aliphatic rings. The van der Waals surface area contributed by atoms with Crippen LogP contribution in [-0.4, -0.2) is 25.3 Å². The second-order valence-corrected chi connectivity index (χ2v) is 4.54. The van der Waals surface area contributed by atoms with Crippen LogP contribution in [0.25, 0.3) is 0 Å². The minimum Gasteiger partial charge on any atom is -0.377 e. The van der Waals surface area contributed by atoms with Crippen LogP contribution in [0.1, 0.15) is 47.0 Å². The van der Waals surface area contributed by atoms with Gasteiger partial charge in [0.15, 0.2) is 0 Å². The molecular formula is C13H27NO. The van der Waals surface area contributed by atoms with Gasteiger partial charge in [-0.25, -0.2) is 0 Å². The van der Waals surface area contributed by atoms with Crippen molar-refractivity contribution < 1.29 is 4.74 Å². The summed E-state index contributed by atoms with van der Waals surface area (Å²) in [6.07, 6.45) is 3.15. The number of hydrogen-bond acceptors (Lipinski definition) is 2. The fourth-order valence-corrected chi connectivity index (χ4v) is 1.70. The van der Waals surface area contributed by atoms with Crippen LogP contribution < -0.4 is 5.32 Å². The zero-order valence-corrected chi connectivity index (χ0v) is 11.0. The van der Waals surface area contributed by atoms with Crippen LogP contribution in [0, 0.1) is 0 Å². The molecule has 0 aliphatic carbocycles. The highest BCUT2D eigenvalue weighted by atomic mass is 16.5. The lowest BCUT2D eigenvalue weighted by atomic mass is 9.88. The van der Waals surface area contributed by atoms with Gasteiger partial charge in [0.25, 0.3) is 0 Å². The largest absolute Gasteiger partial charge is 0.377 e. The summed E-state index contributed by atoms with van der Waals surface area (Å²) in [6, 6.07) is 0.366. The summed E-state index contributed by atoms with van der Waals surface area (Å²) in [5, 5.41) is 3.56. The van der Waals surface area contributed by atoms with Gasteiger partial charge in [0.05, 0.1) is 5.60 Å². The zero-order chi connectivity index (χ0) is 11.9. The predicted octanol–water partition coefficient (Wildman–Crippen LogP) is 3.14. The minimum absolute atomic E-state index is 0.0892. The summed E-state index contributed by atoms with van der Waals surface area (Å²) in [5.74, 6) is 0. The second kappa shape index (κ2) is 7.02. The first-order valence-electron chi connectivity index (χ1n) is 5.93. The number of hydrogen-bond donors (Lipinski definition) is 1. The molecule has 0 spiro atoms. The summed E-state index contributed by atoms with van der Waals surface area (Å²) in [5.41, 5.74) is 1.12. The van der Waals surface area contributed by atoms with Crippen LogP contribution in [0.15, 0.2) is 12.2 Å². The average molecular weight is 213 g/mol. The van der Waals surface area contributed by atoms with Crippen molar-refractivity contribution in [2.45, 2.75) is 58.6 Å². The van der Waals surface area contributed by atoms with E-state index >= 15 is 0 Å². The topological polar surface area (TPSA) is 21.3 Å². The Labute approximate surface area is 95.1 Å². The molecule has 0 aromatic carbocycles. The van der Waals surface area contributed by atoms with Gasteiger partial charge in [-0.05, 0) is 39.7 Å². The van der Waals surface area contributed by atoms with Gasteiger partial charge in [-0.2, -0.15) is 0 Å². The molecule has 15 heavy (non-hydrogen) atoms. The molecular weight excluding hydrogens is 186 g/mol. The van der Waals surface area contributed by atoms with E-state index in [1.54, 1.807) is 7.11 Å². The molecule has 2 unspecified atom stereocenters. The van der Waals surface area contributed by atoms with E-state index in [0.717, 1.165) is 25.8 Å². The second-order valence-electron chi connectivity index (χ2n) is 4.54. The van der Waals surface area contributed by atoms with Gasteiger partial charge in [-0.3, -0.25) is 0 Å². The molecule has 0 bridgehead atoms. The van der Waals surface area contributed by atoms with Crippen molar-refractivity contribution in [2.24, 2.45) is 0 Å². The first-order valence-corrected chi connectivity index (χ1v) is 5.93. The number of methoxy groups -OCH3 is 1. The minimum atomic E-state index is -0.0892. The number of ether oxygens (including phenoxy) is 1. The maximum absolute atomic E-state index is 5.64. The van der Waals surface area contributed by atoms with Crippen molar-refractivity contribution in [3.05, 3.63) is 12.2 Å². The van der Waals surface area contributed by atoms with Crippen molar-refractivity contribution in [3.63, 3.8) is 0 Å². The van der Waals surface area contributed by atoms with Crippen LogP contribution in [0.3, 0.4) is 0 Å². The van der Waals surface area contributed by atoms with Crippen molar-refractivity contribution >= 4 is 0 Å². The molecule has 90 valence electrons. The van der Waals surface area contributed by atoms with E-state index in [-0.39, 0.29) is 5.60 Å². The van der Waals surface area contributed by atoms with Crippen molar-refractivity contribution in [3.8, 4) is 0 Å². The van der Waals surface area contributed by atoms with Crippen molar-refractivity contribution in [1.82, 2.24) is 5.32 Å². The first kappa shape index (κ1) is 14.7. The lowest BCUT2D eigenvalue weighted by molar-refractivity contribution is -0.0286. The normalized spacial score (nSPS) is 17.1. The Balaban J connectivity index is 4.50. The molecule has 0 aromatic heterocycles. The van der Waals surface area contributed by atoms with Gasteiger partial charge in [-0.15, -0.1) is 6.58 Å². The monoisotopic (exact) mass is 213 g/mol. The molecule has 0 saturated heterocycles. The number of nitrogens with one attached hydrogen (secondary N) is 1. The number of rotatable bonds is 8. The first-order chi connectivity index (χ1) is 7.00. The third kappa shape index (κ3) is 4.80. The van der Waals surface area contributed by atoms with E-state index in [0.29, 0.717) is 6.04 Å². The molecule has 0 fully saturated rings. The fourth-order valence-electron chi connectivity index (χ4n) is 1.70. The highest BCUT2D eigenvalue weighted by Gasteiger charge is 2.31. The van der Waals surface area contributed by atoms with E-state index in [1.807, 2.05) is 0 Å². The lowest BCUT2D eigenvalue weighted by Crippen LogP contribution is -2.50. The quantitative estimate of drug-likeness (QED) is 0.625.